The van der Waals surface area contributed by atoms with Crippen molar-refractivity contribution in [1.82, 2.24) is 20.1 Å². The van der Waals surface area contributed by atoms with E-state index >= 15 is 0 Å². The summed E-state index contributed by atoms with van der Waals surface area (Å²) in [5.41, 5.74) is 0. The van der Waals surface area contributed by atoms with Crippen molar-refractivity contribution in [2.75, 3.05) is 13.1 Å². The van der Waals surface area contributed by atoms with E-state index in [4.69, 9.17) is 0 Å². The summed E-state index contributed by atoms with van der Waals surface area (Å²) in [6, 6.07) is 0. The molecule has 2 aliphatic rings. The Labute approximate surface area is 83.7 Å². The first-order valence-corrected chi connectivity index (χ1v) is 5.52. The zero-order valence-electron chi connectivity index (χ0n) is 8.32. The molecular weight excluding hydrogens is 176 g/mol. The number of hydrogen-bond donors (Lipinski definition) is 1. The third kappa shape index (κ3) is 1.54. The maximum absolute atomic E-state index is 4.39. The van der Waals surface area contributed by atoms with E-state index in [1.54, 1.807) is 6.33 Å². The van der Waals surface area contributed by atoms with Gasteiger partial charge in [-0.05, 0) is 31.7 Å². The fourth-order valence-electron chi connectivity index (χ4n) is 2.15. The Bertz CT molecular complexity index is 310. The van der Waals surface area contributed by atoms with Crippen LogP contribution in [0.2, 0.25) is 0 Å². The summed E-state index contributed by atoms with van der Waals surface area (Å²) in [7, 11) is 0. The molecule has 1 saturated carbocycles. The van der Waals surface area contributed by atoms with Gasteiger partial charge in [-0.15, -0.1) is 0 Å². The maximum Gasteiger partial charge on any atom is 0.138 e. The zero-order chi connectivity index (χ0) is 9.38. The minimum absolute atomic E-state index is 0.594. The molecule has 1 aromatic heterocycles. The SMILES string of the molecule is c1nc(C2CCNC2)n(CC2CC2)n1. The molecule has 1 unspecified atom stereocenters. The van der Waals surface area contributed by atoms with Gasteiger partial charge in [0.1, 0.15) is 12.2 Å². The third-order valence-electron chi connectivity index (χ3n) is 3.20. The smallest absolute Gasteiger partial charge is 0.138 e. The fourth-order valence-corrected chi connectivity index (χ4v) is 2.15. The lowest BCUT2D eigenvalue weighted by Crippen LogP contribution is -2.14. The summed E-state index contributed by atoms with van der Waals surface area (Å²) in [6.45, 7) is 3.29. The van der Waals surface area contributed by atoms with Crippen LogP contribution in [0, 0.1) is 5.92 Å². The van der Waals surface area contributed by atoms with Crippen molar-refractivity contribution in [3.63, 3.8) is 0 Å². The van der Waals surface area contributed by atoms with Gasteiger partial charge in [0.15, 0.2) is 0 Å². The molecule has 1 saturated heterocycles. The Kier molecular flexibility index (Phi) is 2.01. The summed E-state index contributed by atoms with van der Waals surface area (Å²) in [6.07, 6.45) is 5.67. The maximum atomic E-state index is 4.39. The molecule has 2 fully saturated rings. The first-order valence-electron chi connectivity index (χ1n) is 5.52. The van der Waals surface area contributed by atoms with E-state index < -0.39 is 0 Å². The van der Waals surface area contributed by atoms with E-state index in [0.717, 1.165) is 25.6 Å². The summed E-state index contributed by atoms with van der Waals surface area (Å²) in [5.74, 6) is 2.67. The van der Waals surface area contributed by atoms with Crippen molar-refractivity contribution in [3.05, 3.63) is 12.2 Å². The summed E-state index contributed by atoms with van der Waals surface area (Å²) < 4.78 is 2.12. The van der Waals surface area contributed by atoms with E-state index in [9.17, 15) is 0 Å². The minimum Gasteiger partial charge on any atom is -0.316 e. The molecule has 4 nitrogen and oxygen atoms in total. The molecule has 0 bridgehead atoms. The molecule has 2 heterocycles. The molecule has 1 aliphatic carbocycles. The van der Waals surface area contributed by atoms with E-state index in [0.29, 0.717) is 5.92 Å². The van der Waals surface area contributed by atoms with Crippen molar-refractivity contribution in [2.24, 2.45) is 5.92 Å². The predicted octanol–water partition coefficient (Wildman–Crippen LogP) is 0.765. The van der Waals surface area contributed by atoms with E-state index in [2.05, 4.69) is 20.1 Å². The Balaban J connectivity index is 1.77. The van der Waals surface area contributed by atoms with Gasteiger partial charge in [0.2, 0.25) is 0 Å². The lowest BCUT2D eigenvalue weighted by molar-refractivity contribution is 0.512. The molecular formula is C10H16N4. The lowest BCUT2D eigenvalue weighted by Gasteiger charge is -2.09. The second-order valence-electron chi connectivity index (χ2n) is 4.43. The third-order valence-corrected chi connectivity index (χ3v) is 3.20. The highest BCUT2D eigenvalue weighted by atomic mass is 15.3. The molecule has 1 aromatic rings. The Hall–Kier alpha value is -0.900. The predicted molar refractivity (Wildman–Crippen MR) is 53.0 cm³/mol. The Morgan fingerprint density at radius 3 is 3.07 bits per heavy atom. The average molecular weight is 192 g/mol. The highest BCUT2D eigenvalue weighted by Crippen LogP contribution is 2.31. The van der Waals surface area contributed by atoms with Gasteiger partial charge < -0.3 is 5.32 Å². The monoisotopic (exact) mass is 192 g/mol. The largest absolute Gasteiger partial charge is 0.316 e. The van der Waals surface area contributed by atoms with Gasteiger partial charge in [0.05, 0.1) is 0 Å². The zero-order valence-corrected chi connectivity index (χ0v) is 8.32. The van der Waals surface area contributed by atoms with Crippen LogP contribution < -0.4 is 5.32 Å². The summed E-state index contributed by atoms with van der Waals surface area (Å²) in [4.78, 5) is 4.39. The number of nitrogens with zero attached hydrogens (tertiary/aromatic N) is 3. The van der Waals surface area contributed by atoms with Crippen LogP contribution in [0.15, 0.2) is 6.33 Å². The van der Waals surface area contributed by atoms with Gasteiger partial charge in [-0.2, -0.15) is 5.10 Å². The first kappa shape index (κ1) is 8.41. The van der Waals surface area contributed by atoms with Gasteiger partial charge in [0.25, 0.3) is 0 Å². The van der Waals surface area contributed by atoms with Gasteiger partial charge in [-0.3, -0.25) is 0 Å². The quantitative estimate of drug-likeness (QED) is 0.769. The molecule has 0 spiro atoms. The molecule has 0 amide bonds. The number of aromatic nitrogens is 3. The molecule has 3 rings (SSSR count). The molecule has 1 aliphatic heterocycles. The summed E-state index contributed by atoms with van der Waals surface area (Å²) >= 11 is 0. The van der Waals surface area contributed by atoms with Crippen molar-refractivity contribution in [2.45, 2.75) is 31.7 Å². The highest BCUT2D eigenvalue weighted by Gasteiger charge is 2.26. The van der Waals surface area contributed by atoms with Crippen LogP contribution in [0.5, 0.6) is 0 Å². The normalized spacial score (nSPS) is 27.0. The van der Waals surface area contributed by atoms with Crippen molar-refractivity contribution >= 4 is 0 Å². The van der Waals surface area contributed by atoms with Crippen molar-refractivity contribution in [1.29, 1.82) is 0 Å². The van der Waals surface area contributed by atoms with E-state index in [1.165, 1.54) is 25.1 Å². The van der Waals surface area contributed by atoms with Crippen LogP contribution in [-0.2, 0) is 6.54 Å². The first-order chi connectivity index (χ1) is 6.93. The van der Waals surface area contributed by atoms with Crippen LogP contribution in [0.1, 0.15) is 31.0 Å². The van der Waals surface area contributed by atoms with Gasteiger partial charge in [-0.1, -0.05) is 0 Å². The highest BCUT2D eigenvalue weighted by molar-refractivity contribution is 5.00. The van der Waals surface area contributed by atoms with Crippen LogP contribution in [0.25, 0.3) is 0 Å². The molecule has 0 aromatic carbocycles. The van der Waals surface area contributed by atoms with E-state index in [1.807, 2.05) is 0 Å². The topological polar surface area (TPSA) is 42.7 Å². The van der Waals surface area contributed by atoms with Crippen molar-refractivity contribution in [3.8, 4) is 0 Å². The number of rotatable bonds is 3. The number of hydrogen-bond acceptors (Lipinski definition) is 3. The molecule has 14 heavy (non-hydrogen) atoms. The Morgan fingerprint density at radius 1 is 1.43 bits per heavy atom. The Morgan fingerprint density at radius 2 is 2.36 bits per heavy atom. The molecule has 76 valence electrons. The summed E-state index contributed by atoms with van der Waals surface area (Å²) in [5, 5.41) is 7.69. The average Bonchev–Trinajstić information content (AvgIpc) is 2.68. The fraction of sp³-hybridized carbons (Fsp3) is 0.800. The van der Waals surface area contributed by atoms with Crippen LogP contribution in [-0.4, -0.2) is 27.9 Å². The molecule has 0 radical (unpaired) electrons. The van der Waals surface area contributed by atoms with Gasteiger partial charge >= 0.3 is 0 Å². The lowest BCUT2D eigenvalue weighted by atomic mass is 10.1. The molecule has 1 atom stereocenters. The van der Waals surface area contributed by atoms with Gasteiger partial charge in [-0.25, -0.2) is 9.67 Å². The standard InChI is InChI=1S/C10H16N4/c1-2-8(1)6-14-10(12-7-13-14)9-3-4-11-5-9/h7-9,11H,1-6H2. The second-order valence-corrected chi connectivity index (χ2v) is 4.43. The number of nitrogens with one attached hydrogen (secondary N) is 1. The molecule has 1 N–H and O–H groups in total. The van der Waals surface area contributed by atoms with Gasteiger partial charge in [0, 0.05) is 19.0 Å². The van der Waals surface area contributed by atoms with Crippen LogP contribution in [0.3, 0.4) is 0 Å². The second kappa shape index (κ2) is 3.35. The van der Waals surface area contributed by atoms with Crippen LogP contribution in [0.4, 0.5) is 0 Å². The van der Waals surface area contributed by atoms with Crippen molar-refractivity contribution < 1.29 is 0 Å². The van der Waals surface area contributed by atoms with E-state index in [-0.39, 0.29) is 0 Å². The molecule has 4 heteroatoms. The van der Waals surface area contributed by atoms with Crippen LogP contribution >= 0.6 is 0 Å². The minimum atomic E-state index is 0.594.